The van der Waals surface area contributed by atoms with Crippen LogP contribution in [-0.2, 0) is 27.2 Å². The van der Waals surface area contributed by atoms with E-state index in [0.29, 0.717) is 17.8 Å². The number of alkyl carbamates (subject to hydrolysis) is 1. The number of nitrogens with one attached hydrogen (secondary N) is 2. The predicted octanol–water partition coefficient (Wildman–Crippen LogP) is 3.95. The van der Waals surface area contributed by atoms with Gasteiger partial charge in [-0.1, -0.05) is 49.4 Å². The standard InChI is InChI=1S/C30H33BrN4O5/c1-2-15-34-20-23(19-24(31)21-34)28(36)35(25-9-4-3-5-10-25)16-18-40-30(38)33-14-17-39-29(37)27-26-11-7-6-8-22(26)12-13-32-27/h3-11,19-21,27,32H,2,12-18H2,1H3/p+1. The van der Waals surface area contributed by atoms with Gasteiger partial charge in [-0.2, -0.15) is 0 Å². The van der Waals surface area contributed by atoms with E-state index in [4.69, 9.17) is 9.47 Å². The number of ether oxygens (including phenoxy) is 2. The monoisotopic (exact) mass is 609 g/mol. The molecule has 2 aromatic carbocycles. The van der Waals surface area contributed by atoms with E-state index in [2.05, 4.69) is 33.5 Å². The quantitative estimate of drug-likeness (QED) is 0.194. The lowest BCUT2D eigenvalue weighted by atomic mass is 9.94. The van der Waals surface area contributed by atoms with Crippen LogP contribution in [0.2, 0.25) is 0 Å². The number of rotatable bonds is 11. The Hall–Kier alpha value is -3.76. The van der Waals surface area contributed by atoms with Crippen molar-refractivity contribution in [3.05, 3.63) is 94.2 Å². The number of fused-ring (bicyclic) bond motifs is 1. The Balaban J connectivity index is 1.26. The summed E-state index contributed by atoms with van der Waals surface area (Å²) in [5, 5.41) is 5.78. The average Bonchev–Trinajstić information content (AvgIpc) is 2.97. The van der Waals surface area contributed by atoms with E-state index in [-0.39, 0.29) is 38.2 Å². The smallest absolute Gasteiger partial charge is 0.407 e. The van der Waals surface area contributed by atoms with Gasteiger partial charge in [-0.25, -0.2) is 14.2 Å². The highest BCUT2D eigenvalue weighted by molar-refractivity contribution is 9.10. The molecule has 1 unspecified atom stereocenters. The molecule has 1 aliphatic heterocycles. The topological polar surface area (TPSA) is 101 Å². The number of para-hydroxylation sites is 1. The first-order chi connectivity index (χ1) is 19.5. The number of anilines is 1. The van der Waals surface area contributed by atoms with Gasteiger partial charge >= 0.3 is 12.1 Å². The van der Waals surface area contributed by atoms with Crippen molar-refractivity contribution in [2.75, 3.05) is 37.7 Å². The average molecular weight is 611 g/mol. The van der Waals surface area contributed by atoms with Gasteiger partial charge in [0.2, 0.25) is 0 Å². The molecule has 2 amide bonds. The molecule has 10 heteroatoms. The zero-order chi connectivity index (χ0) is 28.3. The largest absolute Gasteiger partial charge is 0.462 e. The molecular weight excluding hydrogens is 576 g/mol. The Labute approximate surface area is 242 Å². The predicted molar refractivity (Wildman–Crippen MR) is 154 cm³/mol. The summed E-state index contributed by atoms with van der Waals surface area (Å²) in [6.45, 7) is 3.83. The van der Waals surface area contributed by atoms with E-state index in [0.717, 1.165) is 35.0 Å². The van der Waals surface area contributed by atoms with Crippen LogP contribution in [0.1, 0.15) is 40.9 Å². The molecule has 0 aliphatic carbocycles. The van der Waals surface area contributed by atoms with Crippen molar-refractivity contribution in [2.24, 2.45) is 0 Å². The second-order valence-electron chi connectivity index (χ2n) is 9.34. The number of hydrogen-bond acceptors (Lipinski definition) is 6. The highest BCUT2D eigenvalue weighted by atomic mass is 79.9. The van der Waals surface area contributed by atoms with Gasteiger partial charge < -0.3 is 25.0 Å². The summed E-state index contributed by atoms with van der Waals surface area (Å²) in [5.41, 5.74) is 3.27. The molecule has 1 aliphatic rings. The van der Waals surface area contributed by atoms with Gasteiger partial charge in [0, 0.05) is 18.7 Å². The summed E-state index contributed by atoms with van der Waals surface area (Å²) in [5.74, 6) is -0.585. The Morgan fingerprint density at radius 2 is 1.82 bits per heavy atom. The first kappa shape index (κ1) is 29.2. The summed E-state index contributed by atoms with van der Waals surface area (Å²) < 4.78 is 13.5. The van der Waals surface area contributed by atoms with E-state index < -0.39 is 12.1 Å². The van der Waals surface area contributed by atoms with Crippen LogP contribution < -0.4 is 20.1 Å². The van der Waals surface area contributed by atoms with Gasteiger partial charge in [0.05, 0.1) is 17.6 Å². The van der Waals surface area contributed by atoms with Crippen LogP contribution in [0.25, 0.3) is 0 Å². The molecule has 0 saturated carbocycles. The number of nitrogens with zero attached hydrogens (tertiary/aromatic N) is 2. The summed E-state index contributed by atoms with van der Waals surface area (Å²) in [6.07, 6.45) is 4.90. The van der Waals surface area contributed by atoms with Crippen LogP contribution in [0.3, 0.4) is 0 Å². The minimum Gasteiger partial charge on any atom is -0.462 e. The molecule has 0 fully saturated rings. The number of aromatic nitrogens is 1. The summed E-state index contributed by atoms with van der Waals surface area (Å²) in [7, 11) is 0. The Bertz CT molecular complexity index is 1320. The summed E-state index contributed by atoms with van der Waals surface area (Å²) in [4.78, 5) is 39.9. The molecule has 9 nitrogen and oxygen atoms in total. The van der Waals surface area contributed by atoms with Gasteiger partial charge in [-0.05, 0) is 51.7 Å². The third-order valence-corrected chi connectivity index (χ3v) is 6.87. The molecule has 210 valence electrons. The lowest BCUT2D eigenvalue weighted by Gasteiger charge is -2.25. The van der Waals surface area contributed by atoms with Crippen molar-refractivity contribution >= 4 is 39.6 Å². The molecular formula is C30H34BrN4O5+. The van der Waals surface area contributed by atoms with Crippen LogP contribution in [-0.4, -0.2) is 50.8 Å². The zero-order valence-electron chi connectivity index (χ0n) is 22.5. The van der Waals surface area contributed by atoms with Crippen LogP contribution in [0.15, 0.2) is 77.5 Å². The minimum atomic E-state index is -0.652. The van der Waals surface area contributed by atoms with E-state index in [1.807, 2.05) is 71.6 Å². The SMILES string of the molecule is CCC[n+]1cc(Br)cc(C(=O)N(CCOC(=O)NCCOC(=O)C2NCCc3ccccc32)c2ccccc2)c1. The number of halogens is 1. The number of esters is 1. The maximum absolute atomic E-state index is 13.5. The first-order valence-corrected chi connectivity index (χ1v) is 14.2. The fraction of sp³-hybridized carbons (Fsp3) is 0.333. The lowest BCUT2D eigenvalue weighted by molar-refractivity contribution is -0.697. The van der Waals surface area contributed by atoms with Crippen molar-refractivity contribution in [2.45, 2.75) is 32.4 Å². The summed E-state index contributed by atoms with van der Waals surface area (Å²) >= 11 is 3.49. The number of carbonyl (C=O) groups is 3. The zero-order valence-corrected chi connectivity index (χ0v) is 24.1. The van der Waals surface area contributed by atoms with Crippen LogP contribution in [0.5, 0.6) is 0 Å². The molecule has 4 rings (SSSR count). The lowest BCUT2D eigenvalue weighted by Crippen LogP contribution is -2.39. The third-order valence-electron chi connectivity index (χ3n) is 6.44. The molecule has 3 aromatic rings. The molecule has 2 N–H and O–H groups in total. The highest BCUT2D eigenvalue weighted by Crippen LogP contribution is 2.23. The van der Waals surface area contributed by atoms with E-state index in [1.54, 1.807) is 11.0 Å². The van der Waals surface area contributed by atoms with Gasteiger partial charge in [-0.15, -0.1) is 0 Å². The second kappa shape index (κ2) is 14.6. The number of amides is 2. The Kier molecular flexibility index (Phi) is 10.7. The fourth-order valence-electron chi connectivity index (χ4n) is 4.60. The second-order valence-corrected chi connectivity index (χ2v) is 10.3. The maximum atomic E-state index is 13.5. The minimum absolute atomic E-state index is 0.0159. The van der Waals surface area contributed by atoms with Gasteiger partial charge in [0.25, 0.3) is 5.91 Å². The molecule has 0 saturated heterocycles. The maximum Gasteiger partial charge on any atom is 0.407 e. The van der Waals surface area contributed by atoms with Crippen LogP contribution >= 0.6 is 15.9 Å². The number of pyridine rings is 1. The molecule has 1 aromatic heterocycles. The highest BCUT2D eigenvalue weighted by Gasteiger charge is 2.27. The summed E-state index contributed by atoms with van der Waals surface area (Å²) in [6, 6.07) is 18.3. The molecule has 0 radical (unpaired) electrons. The van der Waals surface area contributed by atoms with E-state index >= 15 is 0 Å². The number of benzene rings is 2. The van der Waals surface area contributed by atoms with Gasteiger partial charge in [0.1, 0.15) is 31.4 Å². The normalized spacial score (nSPS) is 14.1. The van der Waals surface area contributed by atoms with Gasteiger partial charge in [-0.3, -0.25) is 4.79 Å². The Morgan fingerprint density at radius 1 is 1.05 bits per heavy atom. The van der Waals surface area contributed by atoms with Crippen molar-refractivity contribution < 1.29 is 28.4 Å². The number of hydrogen-bond donors (Lipinski definition) is 2. The third kappa shape index (κ3) is 7.89. The first-order valence-electron chi connectivity index (χ1n) is 13.4. The molecule has 1 atom stereocenters. The number of aryl methyl sites for hydroxylation is 1. The molecule has 0 spiro atoms. The van der Waals surface area contributed by atoms with Crippen LogP contribution in [0, 0.1) is 0 Å². The van der Waals surface area contributed by atoms with E-state index in [1.165, 1.54) is 0 Å². The van der Waals surface area contributed by atoms with Crippen molar-refractivity contribution in [1.29, 1.82) is 0 Å². The van der Waals surface area contributed by atoms with Gasteiger partial charge in [0.15, 0.2) is 12.4 Å². The fourth-order valence-corrected chi connectivity index (χ4v) is 5.11. The molecule has 2 heterocycles. The number of carbonyl (C=O) groups excluding carboxylic acids is 3. The van der Waals surface area contributed by atoms with E-state index in [9.17, 15) is 14.4 Å². The molecule has 40 heavy (non-hydrogen) atoms. The van der Waals surface area contributed by atoms with Crippen molar-refractivity contribution in [1.82, 2.24) is 10.6 Å². The molecule has 0 bridgehead atoms. The van der Waals surface area contributed by atoms with Crippen molar-refractivity contribution in [3.63, 3.8) is 0 Å². The van der Waals surface area contributed by atoms with Crippen LogP contribution in [0.4, 0.5) is 10.5 Å². The Morgan fingerprint density at radius 3 is 2.62 bits per heavy atom. The van der Waals surface area contributed by atoms with Crippen molar-refractivity contribution in [3.8, 4) is 0 Å².